The average molecular weight is 278 g/mol. The van der Waals surface area contributed by atoms with E-state index < -0.39 is 0 Å². The minimum atomic E-state index is -0.207. The molecule has 0 aliphatic carbocycles. The zero-order chi connectivity index (χ0) is 14.4. The fraction of sp³-hybridized carbons (Fsp3) is 0.429. The van der Waals surface area contributed by atoms with Crippen molar-refractivity contribution in [3.8, 4) is 0 Å². The molecule has 0 saturated heterocycles. The van der Waals surface area contributed by atoms with Gasteiger partial charge in [-0.1, -0.05) is 0 Å². The molecular weight excluding hydrogens is 260 g/mol. The van der Waals surface area contributed by atoms with Crippen molar-refractivity contribution in [1.82, 2.24) is 4.98 Å². The number of anilines is 1. The standard InChI is InChI=1S/C14H18N2O4/c1-3-18-6-7-19-9-14(17)16-11-4-5-13-12(8-11)15-10(2)20-13/h4-5,8H,3,6-7,9H2,1-2H3,(H,16,17). The smallest absolute Gasteiger partial charge is 0.250 e. The monoisotopic (exact) mass is 278 g/mol. The molecular formula is C14H18N2O4. The Bertz CT molecular complexity index is 580. The highest BCUT2D eigenvalue weighted by molar-refractivity contribution is 5.93. The van der Waals surface area contributed by atoms with Crippen LogP contribution in [0.25, 0.3) is 11.1 Å². The van der Waals surface area contributed by atoms with Crippen LogP contribution < -0.4 is 5.32 Å². The first-order chi connectivity index (χ1) is 9.69. The molecule has 1 heterocycles. The largest absolute Gasteiger partial charge is 0.441 e. The molecule has 0 spiro atoms. The first-order valence-electron chi connectivity index (χ1n) is 6.51. The quantitative estimate of drug-likeness (QED) is 0.785. The molecule has 6 nitrogen and oxygen atoms in total. The second kappa shape index (κ2) is 7.02. The number of hydrogen-bond donors (Lipinski definition) is 1. The summed E-state index contributed by atoms with van der Waals surface area (Å²) in [5.74, 6) is 0.392. The van der Waals surface area contributed by atoms with E-state index in [1.165, 1.54) is 0 Å². The normalized spacial score (nSPS) is 10.9. The van der Waals surface area contributed by atoms with Gasteiger partial charge in [-0.15, -0.1) is 0 Å². The molecule has 0 radical (unpaired) electrons. The number of aromatic nitrogens is 1. The molecule has 0 unspecified atom stereocenters. The first kappa shape index (κ1) is 14.5. The Kier molecular flexibility index (Phi) is 5.09. The molecule has 20 heavy (non-hydrogen) atoms. The Morgan fingerprint density at radius 1 is 1.35 bits per heavy atom. The number of aryl methyl sites for hydroxylation is 1. The van der Waals surface area contributed by atoms with E-state index in [0.717, 1.165) is 5.52 Å². The van der Waals surface area contributed by atoms with Crippen molar-refractivity contribution < 1.29 is 18.7 Å². The summed E-state index contributed by atoms with van der Waals surface area (Å²) >= 11 is 0. The zero-order valence-electron chi connectivity index (χ0n) is 11.6. The SMILES string of the molecule is CCOCCOCC(=O)Nc1ccc2oc(C)nc2c1. The van der Waals surface area contributed by atoms with Gasteiger partial charge < -0.3 is 19.2 Å². The van der Waals surface area contributed by atoms with Gasteiger partial charge in [-0.05, 0) is 25.1 Å². The molecule has 0 fully saturated rings. The van der Waals surface area contributed by atoms with Crippen LogP contribution in [0.5, 0.6) is 0 Å². The number of fused-ring (bicyclic) bond motifs is 1. The fourth-order valence-electron chi connectivity index (χ4n) is 1.74. The number of oxazole rings is 1. The number of amides is 1. The number of nitrogens with one attached hydrogen (secondary N) is 1. The molecule has 1 N–H and O–H groups in total. The van der Waals surface area contributed by atoms with E-state index in [0.29, 0.717) is 37.0 Å². The van der Waals surface area contributed by atoms with Gasteiger partial charge in [0.2, 0.25) is 5.91 Å². The van der Waals surface area contributed by atoms with Crippen LogP contribution in [0.2, 0.25) is 0 Å². The molecule has 1 aromatic heterocycles. The summed E-state index contributed by atoms with van der Waals surface area (Å²) in [6, 6.07) is 5.32. The topological polar surface area (TPSA) is 73.6 Å². The third-order valence-corrected chi connectivity index (χ3v) is 2.59. The van der Waals surface area contributed by atoms with E-state index in [1.807, 2.05) is 6.92 Å². The highest BCUT2D eigenvalue weighted by Gasteiger charge is 2.06. The van der Waals surface area contributed by atoms with Crippen LogP contribution in [0.4, 0.5) is 5.69 Å². The summed E-state index contributed by atoms with van der Waals surface area (Å²) in [4.78, 5) is 15.9. The van der Waals surface area contributed by atoms with Crippen LogP contribution in [0, 0.1) is 6.92 Å². The van der Waals surface area contributed by atoms with Crippen LogP contribution in [-0.2, 0) is 14.3 Å². The molecule has 2 rings (SSSR count). The first-order valence-corrected chi connectivity index (χ1v) is 6.51. The number of rotatable bonds is 7. The van der Waals surface area contributed by atoms with Gasteiger partial charge in [-0.3, -0.25) is 4.79 Å². The summed E-state index contributed by atoms with van der Waals surface area (Å²) in [7, 11) is 0. The van der Waals surface area contributed by atoms with Gasteiger partial charge in [0.25, 0.3) is 0 Å². The van der Waals surface area contributed by atoms with Crippen LogP contribution in [0.1, 0.15) is 12.8 Å². The third-order valence-electron chi connectivity index (χ3n) is 2.59. The number of ether oxygens (including phenoxy) is 2. The van der Waals surface area contributed by atoms with Gasteiger partial charge in [0.15, 0.2) is 11.5 Å². The summed E-state index contributed by atoms with van der Waals surface area (Å²) in [6.07, 6.45) is 0. The summed E-state index contributed by atoms with van der Waals surface area (Å²) < 4.78 is 15.7. The Balaban J connectivity index is 1.83. The Hall–Kier alpha value is -1.92. The van der Waals surface area contributed by atoms with Crippen LogP contribution in [-0.4, -0.2) is 37.3 Å². The van der Waals surface area contributed by atoms with Crippen LogP contribution in [0.3, 0.4) is 0 Å². The number of hydrogen-bond acceptors (Lipinski definition) is 5. The third kappa shape index (κ3) is 4.04. The lowest BCUT2D eigenvalue weighted by Crippen LogP contribution is -2.19. The van der Waals surface area contributed by atoms with Crippen LogP contribution >= 0.6 is 0 Å². The van der Waals surface area contributed by atoms with E-state index in [4.69, 9.17) is 13.9 Å². The molecule has 0 aliphatic rings. The predicted molar refractivity (Wildman–Crippen MR) is 74.7 cm³/mol. The van der Waals surface area contributed by atoms with Crippen LogP contribution in [0.15, 0.2) is 22.6 Å². The molecule has 0 aliphatic heterocycles. The zero-order valence-corrected chi connectivity index (χ0v) is 11.6. The van der Waals surface area contributed by atoms with Gasteiger partial charge in [-0.25, -0.2) is 4.98 Å². The number of benzene rings is 1. The van der Waals surface area contributed by atoms with Gasteiger partial charge in [-0.2, -0.15) is 0 Å². The number of carbonyl (C=O) groups excluding carboxylic acids is 1. The fourth-order valence-corrected chi connectivity index (χ4v) is 1.74. The van der Waals surface area contributed by atoms with Crippen molar-refractivity contribution >= 4 is 22.7 Å². The Morgan fingerprint density at radius 3 is 2.95 bits per heavy atom. The van der Waals surface area contributed by atoms with E-state index in [1.54, 1.807) is 25.1 Å². The minimum Gasteiger partial charge on any atom is -0.441 e. The second-order valence-electron chi connectivity index (χ2n) is 4.21. The molecule has 0 bridgehead atoms. The maximum Gasteiger partial charge on any atom is 0.250 e. The molecule has 1 aromatic carbocycles. The lowest BCUT2D eigenvalue weighted by molar-refractivity contribution is -0.121. The lowest BCUT2D eigenvalue weighted by Gasteiger charge is -2.06. The second-order valence-corrected chi connectivity index (χ2v) is 4.21. The van der Waals surface area contributed by atoms with Gasteiger partial charge in [0, 0.05) is 19.2 Å². The average Bonchev–Trinajstić information content (AvgIpc) is 2.78. The lowest BCUT2D eigenvalue weighted by atomic mass is 10.3. The maximum atomic E-state index is 11.7. The van der Waals surface area contributed by atoms with E-state index in [2.05, 4.69) is 10.3 Å². The van der Waals surface area contributed by atoms with Gasteiger partial charge >= 0.3 is 0 Å². The highest BCUT2D eigenvalue weighted by Crippen LogP contribution is 2.19. The molecule has 1 amide bonds. The predicted octanol–water partition coefficient (Wildman–Crippen LogP) is 2.13. The van der Waals surface area contributed by atoms with Crippen molar-refractivity contribution in [2.24, 2.45) is 0 Å². The van der Waals surface area contributed by atoms with E-state index in [-0.39, 0.29) is 12.5 Å². The molecule has 108 valence electrons. The molecule has 2 aromatic rings. The van der Waals surface area contributed by atoms with E-state index >= 15 is 0 Å². The van der Waals surface area contributed by atoms with Crippen molar-refractivity contribution in [2.75, 3.05) is 31.7 Å². The summed E-state index contributed by atoms with van der Waals surface area (Å²) in [5.41, 5.74) is 2.09. The van der Waals surface area contributed by atoms with Crippen molar-refractivity contribution in [2.45, 2.75) is 13.8 Å². The van der Waals surface area contributed by atoms with Gasteiger partial charge in [0.05, 0.1) is 13.2 Å². The van der Waals surface area contributed by atoms with Crippen molar-refractivity contribution in [3.05, 3.63) is 24.1 Å². The highest BCUT2D eigenvalue weighted by atomic mass is 16.5. The van der Waals surface area contributed by atoms with E-state index in [9.17, 15) is 4.79 Å². The summed E-state index contributed by atoms with van der Waals surface area (Å²) in [5, 5.41) is 2.75. The Labute approximate surface area is 117 Å². The Morgan fingerprint density at radius 2 is 2.15 bits per heavy atom. The molecule has 0 atom stereocenters. The summed E-state index contributed by atoms with van der Waals surface area (Å²) in [6.45, 7) is 5.24. The number of nitrogens with zero attached hydrogens (tertiary/aromatic N) is 1. The minimum absolute atomic E-state index is 0.00293. The van der Waals surface area contributed by atoms with Gasteiger partial charge in [0.1, 0.15) is 12.1 Å². The maximum absolute atomic E-state index is 11.7. The molecule has 6 heteroatoms. The van der Waals surface area contributed by atoms with Crippen molar-refractivity contribution in [3.63, 3.8) is 0 Å². The van der Waals surface area contributed by atoms with Crippen molar-refractivity contribution in [1.29, 1.82) is 0 Å². The molecule has 0 saturated carbocycles. The number of carbonyl (C=O) groups is 1.